The molecule has 1 fully saturated rings. The van der Waals surface area contributed by atoms with E-state index in [0.717, 1.165) is 29.4 Å². The molecule has 120 valence electrons. The Morgan fingerprint density at radius 2 is 2.00 bits per heavy atom. The number of fused-ring (bicyclic) bond motifs is 1. The van der Waals surface area contributed by atoms with Crippen LogP contribution in [0.4, 0.5) is 5.13 Å². The number of aryl methyl sites for hydroxylation is 1. The van der Waals surface area contributed by atoms with E-state index in [4.69, 9.17) is 9.72 Å². The third kappa shape index (κ3) is 3.22. The van der Waals surface area contributed by atoms with Crippen LogP contribution in [0.1, 0.15) is 56.6 Å². The first-order chi connectivity index (χ1) is 10.7. The summed E-state index contributed by atoms with van der Waals surface area (Å²) >= 11 is 1.76. The Kier molecular flexibility index (Phi) is 4.87. The summed E-state index contributed by atoms with van der Waals surface area (Å²) in [6.07, 6.45) is 7.66. The van der Waals surface area contributed by atoms with Crippen molar-refractivity contribution in [2.45, 2.75) is 65.3 Å². The number of ether oxygens (including phenoxy) is 1. The first-order valence-electron chi connectivity index (χ1n) is 8.49. The smallest absolute Gasteiger partial charge is 0.184 e. The molecule has 4 heteroatoms. The van der Waals surface area contributed by atoms with Crippen molar-refractivity contribution in [3.05, 3.63) is 17.2 Å². The SMILES string of the molecule is CCCOc1cc2sc(NC3CCCCC3)nc2c(C)c1C. The Bertz CT molecular complexity index is 644. The van der Waals surface area contributed by atoms with Crippen molar-refractivity contribution >= 4 is 26.7 Å². The van der Waals surface area contributed by atoms with Gasteiger partial charge in [0.25, 0.3) is 0 Å². The summed E-state index contributed by atoms with van der Waals surface area (Å²) in [5.41, 5.74) is 3.59. The summed E-state index contributed by atoms with van der Waals surface area (Å²) in [5, 5.41) is 4.71. The molecule has 0 spiro atoms. The van der Waals surface area contributed by atoms with E-state index in [1.54, 1.807) is 11.3 Å². The van der Waals surface area contributed by atoms with Gasteiger partial charge in [-0.05, 0) is 50.3 Å². The first kappa shape index (κ1) is 15.6. The fourth-order valence-corrected chi connectivity index (χ4v) is 4.17. The average molecular weight is 318 g/mol. The van der Waals surface area contributed by atoms with E-state index in [-0.39, 0.29) is 0 Å². The monoisotopic (exact) mass is 318 g/mol. The van der Waals surface area contributed by atoms with E-state index in [0.29, 0.717) is 6.04 Å². The third-order valence-corrected chi connectivity index (χ3v) is 5.53. The van der Waals surface area contributed by atoms with Crippen molar-refractivity contribution in [1.29, 1.82) is 0 Å². The minimum atomic E-state index is 0.603. The standard InChI is InChI=1S/C18H26N2OS/c1-4-10-21-15-11-16-17(13(3)12(15)2)20-18(22-16)19-14-8-6-5-7-9-14/h11,14H,4-10H2,1-3H3,(H,19,20). The Balaban J connectivity index is 1.86. The number of nitrogens with zero attached hydrogens (tertiary/aromatic N) is 1. The molecule has 1 aromatic carbocycles. The molecule has 1 aliphatic carbocycles. The van der Waals surface area contributed by atoms with Gasteiger partial charge >= 0.3 is 0 Å². The lowest BCUT2D eigenvalue weighted by Crippen LogP contribution is -2.21. The fraction of sp³-hybridized carbons (Fsp3) is 0.611. The predicted octanol–water partition coefficient (Wildman–Crippen LogP) is 5.45. The lowest BCUT2D eigenvalue weighted by Gasteiger charge is -2.22. The summed E-state index contributed by atoms with van der Waals surface area (Å²) in [7, 11) is 0. The Morgan fingerprint density at radius 1 is 1.23 bits per heavy atom. The summed E-state index contributed by atoms with van der Waals surface area (Å²) in [4.78, 5) is 4.84. The highest BCUT2D eigenvalue weighted by atomic mass is 32.1. The maximum atomic E-state index is 5.89. The molecule has 1 heterocycles. The quantitative estimate of drug-likeness (QED) is 0.796. The van der Waals surface area contributed by atoms with Crippen LogP contribution in [-0.4, -0.2) is 17.6 Å². The number of hydrogen-bond donors (Lipinski definition) is 1. The molecule has 0 bridgehead atoms. The van der Waals surface area contributed by atoms with Crippen LogP contribution in [0.15, 0.2) is 6.07 Å². The van der Waals surface area contributed by atoms with E-state index in [2.05, 4.69) is 32.2 Å². The van der Waals surface area contributed by atoms with Crippen molar-refractivity contribution in [2.75, 3.05) is 11.9 Å². The van der Waals surface area contributed by atoms with Gasteiger partial charge in [0, 0.05) is 6.04 Å². The molecule has 1 aromatic heterocycles. The highest BCUT2D eigenvalue weighted by Crippen LogP contribution is 2.36. The predicted molar refractivity (Wildman–Crippen MR) is 95.4 cm³/mol. The maximum absolute atomic E-state index is 5.89. The number of thiazole rings is 1. The number of benzene rings is 1. The van der Waals surface area contributed by atoms with E-state index in [1.807, 2.05) is 0 Å². The second-order valence-electron chi connectivity index (χ2n) is 6.32. The van der Waals surface area contributed by atoms with Crippen molar-refractivity contribution in [3.63, 3.8) is 0 Å². The van der Waals surface area contributed by atoms with Gasteiger partial charge in [-0.3, -0.25) is 0 Å². The number of hydrogen-bond acceptors (Lipinski definition) is 4. The Hall–Kier alpha value is -1.29. The first-order valence-corrected chi connectivity index (χ1v) is 9.30. The summed E-state index contributed by atoms with van der Waals surface area (Å²) in [6, 6.07) is 2.77. The van der Waals surface area contributed by atoms with Crippen LogP contribution in [0.25, 0.3) is 10.2 Å². The number of nitrogens with one attached hydrogen (secondary N) is 1. The molecule has 1 aliphatic rings. The van der Waals surface area contributed by atoms with Gasteiger partial charge in [0.15, 0.2) is 5.13 Å². The van der Waals surface area contributed by atoms with Crippen LogP contribution in [0.5, 0.6) is 5.75 Å². The summed E-state index contributed by atoms with van der Waals surface area (Å²) in [5.74, 6) is 1.01. The van der Waals surface area contributed by atoms with Gasteiger partial charge in [0.2, 0.25) is 0 Å². The van der Waals surface area contributed by atoms with Crippen LogP contribution >= 0.6 is 11.3 Å². The van der Waals surface area contributed by atoms with Crippen LogP contribution in [0.2, 0.25) is 0 Å². The molecule has 0 aliphatic heterocycles. The van der Waals surface area contributed by atoms with Gasteiger partial charge < -0.3 is 10.1 Å². The topological polar surface area (TPSA) is 34.1 Å². The maximum Gasteiger partial charge on any atom is 0.184 e. The van der Waals surface area contributed by atoms with Crippen LogP contribution < -0.4 is 10.1 Å². The molecule has 3 rings (SSSR count). The molecule has 3 nitrogen and oxygen atoms in total. The van der Waals surface area contributed by atoms with Crippen molar-refractivity contribution < 1.29 is 4.74 Å². The zero-order valence-electron chi connectivity index (χ0n) is 13.9. The summed E-state index contributed by atoms with van der Waals surface area (Å²) < 4.78 is 7.12. The van der Waals surface area contributed by atoms with Gasteiger partial charge in [-0.15, -0.1) is 0 Å². The molecule has 1 saturated carbocycles. The Morgan fingerprint density at radius 3 is 2.73 bits per heavy atom. The second-order valence-corrected chi connectivity index (χ2v) is 7.35. The molecule has 0 unspecified atom stereocenters. The molecule has 2 aromatic rings. The molecular formula is C18H26N2OS. The molecule has 0 amide bonds. The molecular weight excluding hydrogens is 292 g/mol. The van der Waals surface area contributed by atoms with E-state index in [9.17, 15) is 0 Å². The molecule has 0 saturated heterocycles. The fourth-order valence-electron chi connectivity index (χ4n) is 3.13. The van der Waals surface area contributed by atoms with E-state index in [1.165, 1.54) is 47.9 Å². The lowest BCUT2D eigenvalue weighted by molar-refractivity contribution is 0.315. The van der Waals surface area contributed by atoms with Crippen molar-refractivity contribution in [3.8, 4) is 5.75 Å². The highest BCUT2D eigenvalue weighted by Gasteiger charge is 2.17. The van der Waals surface area contributed by atoms with Gasteiger partial charge in [-0.25, -0.2) is 4.98 Å². The van der Waals surface area contributed by atoms with Crippen LogP contribution in [0, 0.1) is 13.8 Å². The minimum Gasteiger partial charge on any atom is -0.493 e. The van der Waals surface area contributed by atoms with E-state index < -0.39 is 0 Å². The van der Waals surface area contributed by atoms with Gasteiger partial charge in [0.1, 0.15) is 5.75 Å². The highest BCUT2D eigenvalue weighted by molar-refractivity contribution is 7.22. The zero-order chi connectivity index (χ0) is 15.5. The normalized spacial score (nSPS) is 16.1. The number of anilines is 1. The number of rotatable bonds is 5. The largest absolute Gasteiger partial charge is 0.493 e. The molecule has 22 heavy (non-hydrogen) atoms. The van der Waals surface area contributed by atoms with Gasteiger partial charge in [-0.1, -0.05) is 37.5 Å². The van der Waals surface area contributed by atoms with Gasteiger partial charge in [-0.2, -0.15) is 0 Å². The zero-order valence-corrected chi connectivity index (χ0v) is 14.7. The number of aromatic nitrogens is 1. The summed E-state index contributed by atoms with van der Waals surface area (Å²) in [6.45, 7) is 7.20. The Labute approximate surface area is 137 Å². The van der Waals surface area contributed by atoms with Crippen molar-refractivity contribution in [2.24, 2.45) is 0 Å². The van der Waals surface area contributed by atoms with E-state index >= 15 is 0 Å². The molecule has 1 N–H and O–H groups in total. The molecule has 0 atom stereocenters. The minimum absolute atomic E-state index is 0.603. The van der Waals surface area contributed by atoms with Crippen molar-refractivity contribution in [1.82, 2.24) is 4.98 Å². The van der Waals surface area contributed by atoms with Crippen LogP contribution in [0.3, 0.4) is 0 Å². The third-order valence-electron chi connectivity index (χ3n) is 4.60. The molecule has 0 radical (unpaired) electrons. The lowest BCUT2D eigenvalue weighted by atomic mass is 9.96. The second kappa shape index (κ2) is 6.86. The van der Waals surface area contributed by atoms with Crippen LogP contribution in [-0.2, 0) is 0 Å². The van der Waals surface area contributed by atoms with Gasteiger partial charge in [0.05, 0.1) is 16.8 Å². The average Bonchev–Trinajstić information content (AvgIpc) is 2.93.